The zero-order chi connectivity index (χ0) is 12.3. The lowest BCUT2D eigenvalue weighted by Gasteiger charge is -2.25. The van der Waals surface area contributed by atoms with Gasteiger partial charge in [0.2, 0.25) is 5.91 Å². The predicted molar refractivity (Wildman–Crippen MR) is 69.0 cm³/mol. The van der Waals surface area contributed by atoms with Crippen molar-refractivity contribution < 1.29 is 4.79 Å². The molecule has 1 aliphatic rings. The topological polar surface area (TPSA) is 32.3 Å². The summed E-state index contributed by atoms with van der Waals surface area (Å²) in [4.78, 5) is 13.8. The molecule has 4 heteroatoms. The fourth-order valence-electron chi connectivity index (χ4n) is 2.24. The Hall–Kier alpha value is -1.06. The Kier molecular flexibility index (Phi) is 4.02. The fraction of sp³-hybridized carbons (Fsp3) is 0.462. The van der Waals surface area contributed by atoms with Crippen molar-refractivity contribution in [3.8, 4) is 0 Å². The molecule has 0 spiro atoms. The Labute approximate surface area is 107 Å². The van der Waals surface area contributed by atoms with E-state index in [0.717, 1.165) is 36.6 Å². The van der Waals surface area contributed by atoms with Gasteiger partial charge >= 0.3 is 0 Å². The second-order valence-corrected chi connectivity index (χ2v) is 4.72. The Morgan fingerprint density at radius 1 is 1.53 bits per heavy atom. The van der Waals surface area contributed by atoms with Gasteiger partial charge in [-0.1, -0.05) is 30.7 Å². The van der Waals surface area contributed by atoms with Crippen molar-refractivity contribution in [2.24, 2.45) is 0 Å². The van der Waals surface area contributed by atoms with Crippen LogP contribution >= 0.6 is 11.6 Å². The first kappa shape index (κ1) is 12.4. The third-order valence-electron chi connectivity index (χ3n) is 3.14. The Balaban J connectivity index is 2.07. The summed E-state index contributed by atoms with van der Waals surface area (Å²) in [6.07, 6.45) is 0.896. The van der Waals surface area contributed by atoms with Crippen molar-refractivity contribution in [2.45, 2.75) is 25.9 Å². The van der Waals surface area contributed by atoms with E-state index in [9.17, 15) is 4.79 Å². The Morgan fingerprint density at radius 2 is 2.35 bits per heavy atom. The molecule has 1 aromatic carbocycles. The minimum absolute atomic E-state index is 0.0129. The molecule has 1 unspecified atom stereocenters. The quantitative estimate of drug-likeness (QED) is 0.890. The van der Waals surface area contributed by atoms with Crippen molar-refractivity contribution in [2.75, 3.05) is 13.1 Å². The minimum Gasteiger partial charge on any atom is -0.355 e. The molecule has 1 aliphatic heterocycles. The molecule has 1 amide bonds. The highest BCUT2D eigenvalue weighted by molar-refractivity contribution is 6.30. The van der Waals surface area contributed by atoms with Crippen LogP contribution in [0.4, 0.5) is 0 Å². The summed E-state index contributed by atoms with van der Waals surface area (Å²) in [5.41, 5.74) is 1.15. The number of nitrogens with zero attached hydrogens (tertiary/aromatic N) is 1. The van der Waals surface area contributed by atoms with Crippen LogP contribution in [0, 0.1) is 0 Å². The van der Waals surface area contributed by atoms with Gasteiger partial charge in [-0.15, -0.1) is 0 Å². The van der Waals surface area contributed by atoms with Gasteiger partial charge in [-0.2, -0.15) is 0 Å². The summed E-state index contributed by atoms with van der Waals surface area (Å²) >= 11 is 5.96. The zero-order valence-electron chi connectivity index (χ0n) is 9.95. The van der Waals surface area contributed by atoms with Crippen molar-refractivity contribution in [3.05, 3.63) is 34.9 Å². The number of halogens is 1. The number of rotatable bonds is 4. The van der Waals surface area contributed by atoms with Crippen LogP contribution in [-0.4, -0.2) is 29.9 Å². The van der Waals surface area contributed by atoms with Crippen LogP contribution in [0.2, 0.25) is 5.02 Å². The smallest absolute Gasteiger partial charge is 0.237 e. The standard InChI is InChI=1S/C13H17ClN2O/c1-2-16(12-6-7-15-13(12)17)9-10-4-3-5-11(14)8-10/h3-5,8,12H,2,6-7,9H2,1H3,(H,15,17). The van der Waals surface area contributed by atoms with Crippen LogP contribution in [-0.2, 0) is 11.3 Å². The van der Waals surface area contributed by atoms with E-state index in [1.807, 2.05) is 24.3 Å². The largest absolute Gasteiger partial charge is 0.355 e. The first-order valence-electron chi connectivity index (χ1n) is 5.97. The second kappa shape index (κ2) is 5.52. The number of nitrogens with one attached hydrogen (secondary N) is 1. The van der Waals surface area contributed by atoms with E-state index in [1.165, 1.54) is 0 Å². The fourth-order valence-corrected chi connectivity index (χ4v) is 2.45. The molecule has 1 heterocycles. The maximum Gasteiger partial charge on any atom is 0.237 e. The molecule has 1 fully saturated rings. The van der Waals surface area contributed by atoms with Gasteiger partial charge in [0, 0.05) is 18.1 Å². The number of benzene rings is 1. The van der Waals surface area contributed by atoms with Crippen LogP contribution in [0.3, 0.4) is 0 Å². The molecule has 0 saturated carbocycles. The van der Waals surface area contributed by atoms with Gasteiger partial charge in [0.05, 0.1) is 6.04 Å². The van der Waals surface area contributed by atoms with E-state index >= 15 is 0 Å². The van der Waals surface area contributed by atoms with Gasteiger partial charge in [0.15, 0.2) is 0 Å². The van der Waals surface area contributed by atoms with Gasteiger partial charge in [-0.25, -0.2) is 0 Å². The molecular weight excluding hydrogens is 236 g/mol. The normalized spacial score (nSPS) is 19.7. The molecule has 2 rings (SSSR count). The third kappa shape index (κ3) is 2.99. The average Bonchev–Trinajstić information content (AvgIpc) is 2.72. The summed E-state index contributed by atoms with van der Waals surface area (Å²) in [5.74, 6) is 0.147. The first-order chi connectivity index (χ1) is 8.20. The van der Waals surface area contributed by atoms with Crippen LogP contribution in [0.25, 0.3) is 0 Å². The number of amides is 1. The van der Waals surface area contributed by atoms with Gasteiger partial charge in [0.1, 0.15) is 0 Å². The molecule has 0 aromatic heterocycles. The van der Waals surface area contributed by atoms with E-state index in [4.69, 9.17) is 11.6 Å². The summed E-state index contributed by atoms with van der Waals surface area (Å²) in [6.45, 7) is 4.51. The molecule has 1 atom stereocenters. The zero-order valence-corrected chi connectivity index (χ0v) is 10.7. The molecule has 1 saturated heterocycles. The number of likely N-dealkylation sites (N-methyl/N-ethyl adjacent to an activating group) is 1. The van der Waals surface area contributed by atoms with Crippen molar-refractivity contribution in [3.63, 3.8) is 0 Å². The van der Waals surface area contributed by atoms with Gasteiger partial charge < -0.3 is 5.32 Å². The molecule has 3 nitrogen and oxygen atoms in total. The van der Waals surface area contributed by atoms with E-state index in [-0.39, 0.29) is 11.9 Å². The molecule has 0 bridgehead atoms. The lowest BCUT2D eigenvalue weighted by Crippen LogP contribution is -2.40. The number of hydrogen-bond acceptors (Lipinski definition) is 2. The van der Waals surface area contributed by atoms with Crippen molar-refractivity contribution >= 4 is 17.5 Å². The van der Waals surface area contributed by atoms with Crippen LogP contribution < -0.4 is 5.32 Å². The lowest BCUT2D eigenvalue weighted by atomic mass is 10.1. The predicted octanol–water partition coefficient (Wildman–Crippen LogP) is 2.05. The lowest BCUT2D eigenvalue weighted by molar-refractivity contribution is -0.123. The molecular formula is C13H17ClN2O. The second-order valence-electron chi connectivity index (χ2n) is 4.29. The summed E-state index contributed by atoms with van der Waals surface area (Å²) in [6, 6.07) is 7.82. The Morgan fingerprint density at radius 3 is 2.94 bits per heavy atom. The first-order valence-corrected chi connectivity index (χ1v) is 6.34. The Bertz CT molecular complexity index is 408. The van der Waals surface area contributed by atoms with E-state index in [2.05, 4.69) is 17.1 Å². The highest BCUT2D eigenvalue weighted by atomic mass is 35.5. The molecule has 1 aromatic rings. The molecule has 1 N–H and O–H groups in total. The summed E-state index contributed by atoms with van der Waals surface area (Å²) in [5, 5.41) is 3.62. The number of carbonyl (C=O) groups excluding carboxylic acids is 1. The SMILES string of the molecule is CCN(Cc1cccc(Cl)c1)C1CCNC1=O. The molecule has 0 radical (unpaired) electrons. The van der Waals surface area contributed by atoms with Gasteiger partial charge in [-0.3, -0.25) is 9.69 Å². The number of hydrogen-bond donors (Lipinski definition) is 1. The molecule has 17 heavy (non-hydrogen) atoms. The molecule has 0 aliphatic carbocycles. The average molecular weight is 253 g/mol. The maximum atomic E-state index is 11.7. The van der Waals surface area contributed by atoms with Crippen LogP contribution in [0.1, 0.15) is 18.9 Å². The monoisotopic (exact) mass is 252 g/mol. The summed E-state index contributed by atoms with van der Waals surface area (Å²) in [7, 11) is 0. The maximum absolute atomic E-state index is 11.7. The highest BCUT2D eigenvalue weighted by Crippen LogP contribution is 2.16. The van der Waals surface area contributed by atoms with Crippen molar-refractivity contribution in [1.29, 1.82) is 0 Å². The van der Waals surface area contributed by atoms with Gasteiger partial charge in [-0.05, 0) is 30.7 Å². The number of carbonyl (C=O) groups is 1. The van der Waals surface area contributed by atoms with Crippen molar-refractivity contribution in [1.82, 2.24) is 10.2 Å². The van der Waals surface area contributed by atoms with Crippen LogP contribution in [0.15, 0.2) is 24.3 Å². The summed E-state index contributed by atoms with van der Waals surface area (Å²) < 4.78 is 0. The van der Waals surface area contributed by atoms with Crippen LogP contribution in [0.5, 0.6) is 0 Å². The minimum atomic E-state index is 0.0129. The molecule has 92 valence electrons. The van der Waals surface area contributed by atoms with E-state index in [1.54, 1.807) is 0 Å². The van der Waals surface area contributed by atoms with E-state index in [0.29, 0.717) is 0 Å². The third-order valence-corrected chi connectivity index (χ3v) is 3.38. The highest BCUT2D eigenvalue weighted by Gasteiger charge is 2.29. The van der Waals surface area contributed by atoms with Gasteiger partial charge in [0.25, 0.3) is 0 Å². The van der Waals surface area contributed by atoms with E-state index < -0.39 is 0 Å².